The van der Waals surface area contributed by atoms with Crippen LogP contribution >= 0.6 is 22.9 Å². The molecule has 0 aliphatic rings. The van der Waals surface area contributed by atoms with Crippen LogP contribution in [0.1, 0.15) is 23.5 Å². The molecular weight excluding hydrogens is 310 g/mol. The Bertz CT molecular complexity index is 669. The second-order valence-corrected chi connectivity index (χ2v) is 6.35. The molecule has 1 aromatic carbocycles. The molecule has 1 aromatic heterocycles. The minimum absolute atomic E-state index is 0.337. The van der Waals surface area contributed by atoms with Gasteiger partial charge in [0.15, 0.2) is 0 Å². The van der Waals surface area contributed by atoms with Gasteiger partial charge < -0.3 is 5.32 Å². The normalized spacial score (nSPS) is 10.7. The second-order valence-electron chi connectivity index (χ2n) is 4.92. The maximum atomic E-state index is 12.1. The van der Waals surface area contributed by atoms with Crippen LogP contribution in [0.3, 0.4) is 0 Å². The van der Waals surface area contributed by atoms with Gasteiger partial charge in [-0.2, -0.15) is 0 Å². The van der Waals surface area contributed by atoms with E-state index >= 15 is 0 Å². The Labute approximate surface area is 131 Å². The van der Waals surface area contributed by atoms with Crippen LogP contribution in [0.2, 0.25) is 5.02 Å². The van der Waals surface area contributed by atoms with Crippen LogP contribution in [0.25, 0.3) is 10.1 Å². The number of hydrazine groups is 1. The zero-order valence-electron chi connectivity index (χ0n) is 11.7. The molecule has 0 unspecified atom stereocenters. The summed E-state index contributed by atoms with van der Waals surface area (Å²) in [6, 6.07) is 7.04. The fourth-order valence-electron chi connectivity index (χ4n) is 1.67. The summed E-state index contributed by atoms with van der Waals surface area (Å²) in [4.78, 5) is 23.9. The first kappa shape index (κ1) is 15.6. The minimum Gasteiger partial charge on any atom is -0.336 e. The second kappa shape index (κ2) is 6.78. The maximum Gasteiger partial charge on any atom is 0.333 e. The van der Waals surface area contributed by atoms with Gasteiger partial charge in [0.05, 0.1) is 5.02 Å². The molecule has 21 heavy (non-hydrogen) atoms. The molecular formula is C14H16ClN3O2S. The highest BCUT2D eigenvalue weighted by Gasteiger charge is 2.17. The van der Waals surface area contributed by atoms with Crippen LogP contribution in [0, 0.1) is 5.92 Å². The first-order valence-electron chi connectivity index (χ1n) is 6.50. The van der Waals surface area contributed by atoms with E-state index in [4.69, 9.17) is 11.6 Å². The molecule has 0 atom stereocenters. The van der Waals surface area contributed by atoms with Crippen LogP contribution < -0.4 is 16.2 Å². The van der Waals surface area contributed by atoms with Crippen molar-refractivity contribution in [3.8, 4) is 0 Å². The molecule has 3 N–H and O–H groups in total. The van der Waals surface area contributed by atoms with Crippen molar-refractivity contribution in [2.75, 3.05) is 6.54 Å². The predicted octanol–water partition coefficient (Wildman–Crippen LogP) is 3.15. The van der Waals surface area contributed by atoms with Gasteiger partial charge in [-0.3, -0.25) is 10.2 Å². The first-order valence-corrected chi connectivity index (χ1v) is 7.69. The summed E-state index contributed by atoms with van der Waals surface area (Å²) < 4.78 is 0.928. The van der Waals surface area contributed by atoms with Gasteiger partial charge >= 0.3 is 6.03 Å². The minimum atomic E-state index is -0.450. The van der Waals surface area contributed by atoms with Crippen LogP contribution in [-0.4, -0.2) is 18.5 Å². The number of halogens is 1. The van der Waals surface area contributed by atoms with E-state index in [9.17, 15) is 9.59 Å². The van der Waals surface area contributed by atoms with Gasteiger partial charge in [0.25, 0.3) is 5.91 Å². The lowest BCUT2D eigenvalue weighted by molar-refractivity contribution is 0.0940. The molecule has 0 radical (unpaired) electrons. The summed E-state index contributed by atoms with van der Waals surface area (Å²) in [5, 5.41) is 3.87. The van der Waals surface area contributed by atoms with Gasteiger partial charge in [-0.05, 0) is 12.0 Å². The van der Waals surface area contributed by atoms with E-state index in [-0.39, 0.29) is 0 Å². The molecule has 0 aliphatic carbocycles. The number of nitrogens with one attached hydrogen (secondary N) is 3. The molecule has 112 valence electrons. The number of hydrogen-bond acceptors (Lipinski definition) is 3. The highest BCUT2D eigenvalue weighted by atomic mass is 35.5. The van der Waals surface area contributed by atoms with Crippen LogP contribution in [0.5, 0.6) is 0 Å². The predicted molar refractivity (Wildman–Crippen MR) is 85.7 cm³/mol. The average Bonchev–Trinajstić information content (AvgIpc) is 2.80. The summed E-state index contributed by atoms with van der Waals surface area (Å²) in [5.74, 6) is -0.0932. The van der Waals surface area contributed by atoms with Gasteiger partial charge in [-0.25, -0.2) is 10.2 Å². The van der Waals surface area contributed by atoms with E-state index in [0.29, 0.717) is 22.4 Å². The molecule has 2 aromatic rings. The third-order valence-corrected chi connectivity index (χ3v) is 4.38. The molecule has 3 amide bonds. The molecule has 0 aliphatic heterocycles. The Morgan fingerprint density at radius 3 is 2.62 bits per heavy atom. The lowest BCUT2D eigenvalue weighted by atomic mass is 10.2. The van der Waals surface area contributed by atoms with Gasteiger partial charge in [-0.1, -0.05) is 43.6 Å². The summed E-state index contributed by atoms with van der Waals surface area (Å²) in [6.07, 6.45) is 0. The smallest absolute Gasteiger partial charge is 0.333 e. The van der Waals surface area contributed by atoms with Crippen molar-refractivity contribution in [1.82, 2.24) is 16.2 Å². The molecule has 0 saturated heterocycles. The van der Waals surface area contributed by atoms with Gasteiger partial charge in [0.2, 0.25) is 0 Å². The molecule has 0 bridgehead atoms. The number of rotatable bonds is 3. The monoisotopic (exact) mass is 325 g/mol. The van der Waals surface area contributed by atoms with Crippen molar-refractivity contribution in [3.05, 3.63) is 34.2 Å². The summed E-state index contributed by atoms with van der Waals surface area (Å²) >= 11 is 7.48. The van der Waals surface area contributed by atoms with Crippen molar-refractivity contribution >= 4 is 45.0 Å². The average molecular weight is 326 g/mol. The highest BCUT2D eigenvalue weighted by molar-refractivity contribution is 7.21. The number of carbonyl (C=O) groups excluding carboxylic acids is 2. The molecule has 5 nitrogen and oxygen atoms in total. The number of benzene rings is 1. The topological polar surface area (TPSA) is 70.2 Å². The van der Waals surface area contributed by atoms with Gasteiger partial charge in [-0.15, -0.1) is 11.3 Å². The lowest BCUT2D eigenvalue weighted by Crippen LogP contribution is -2.47. The number of amides is 3. The van der Waals surface area contributed by atoms with Crippen LogP contribution in [0.15, 0.2) is 24.3 Å². The number of urea groups is 1. The van der Waals surface area contributed by atoms with Crippen LogP contribution in [-0.2, 0) is 0 Å². The Balaban J connectivity index is 1.99. The van der Waals surface area contributed by atoms with E-state index in [2.05, 4.69) is 16.2 Å². The Hall–Kier alpha value is -1.79. The van der Waals surface area contributed by atoms with E-state index in [1.54, 1.807) is 0 Å². The number of thiophene rings is 1. The fraction of sp³-hybridized carbons (Fsp3) is 0.286. The van der Waals surface area contributed by atoms with Crippen LogP contribution in [0.4, 0.5) is 4.79 Å². The third kappa shape index (κ3) is 3.86. The number of carbonyl (C=O) groups is 2. The fourth-order valence-corrected chi connectivity index (χ4v) is 3.08. The van der Waals surface area contributed by atoms with Crippen molar-refractivity contribution in [3.63, 3.8) is 0 Å². The highest BCUT2D eigenvalue weighted by Crippen LogP contribution is 2.34. The Kier molecular flexibility index (Phi) is 5.03. The number of fused-ring (bicyclic) bond motifs is 1. The van der Waals surface area contributed by atoms with E-state index in [0.717, 1.165) is 10.1 Å². The molecule has 0 fully saturated rings. The Morgan fingerprint density at radius 2 is 1.95 bits per heavy atom. The lowest BCUT2D eigenvalue weighted by Gasteiger charge is -2.09. The SMILES string of the molecule is CC(C)CNC(=O)NNC(=O)c1sc2ccccc2c1Cl. The molecule has 1 heterocycles. The van der Waals surface area contributed by atoms with E-state index in [1.165, 1.54) is 11.3 Å². The van der Waals surface area contributed by atoms with Gasteiger partial charge in [0, 0.05) is 16.6 Å². The molecule has 2 rings (SSSR count). The third-order valence-electron chi connectivity index (χ3n) is 2.70. The van der Waals surface area contributed by atoms with E-state index < -0.39 is 11.9 Å². The maximum absolute atomic E-state index is 12.1. The largest absolute Gasteiger partial charge is 0.336 e. The Morgan fingerprint density at radius 1 is 1.24 bits per heavy atom. The van der Waals surface area contributed by atoms with E-state index in [1.807, 2.05) is 38.1 Å². The summed E-state index contributed by atoms with van der Waals surface area (Å²) in [6.45, 7) is 4.50. The molecule has 0 saturated carbocycles. The summed E-state index contributed by atoms with van der Waals surface area (Å²) in [5.41, 5.74) is 4.66. The van der Waals surface area contributed by atoms with Crippen molar-refractivity contribution in [2.45, 2.75) is 13.8 Å². The van der Waals surface area contributed by atoms with Crippen molar-refractivity contribution < 1.29 is 9.59 Å². The first-order chi connectivity index (χ1) is 9.99. The van der Waals surface area contributed by atoms with Crippen molar-refractivity contribution in [2.24, 2.45) is 5.92 Å². The quantitative estimate of drug-likeness (QED) is 0.759. The standard InChI is InChI=1S/C14H16ClN3O2S/c1-8(2)7-16-14(20)18-17-13(19)12-11(15)9-5-3-4-6-10(9)21-12/h3-6,8H,7H2,1-2H3,(H,17,19)(H2,16,18,20). The van der Waals surface area contributed by atoms with Gasteiger partial charge in [0.1, 0.15) is 4.88 Å². The molecule has 7 heteroatoms. The van der Waals surface area contributed by atoms with Crippen molar-refractivity contribution in [1.29, 1.82) is 0 Å². The zero-order valence-corrected chi connectivity index (χ0v) is 13.3. The summed E-state index contributed by atoms with van der Waals surface area (Å²) in [7, 11) is 0. The molecule has 0 spiro atoms. The zero-order chi connectivity index (χ0) is 15.4. The number of hydrogen-bond donors (Lipinski definition) is 3.